The number of rotatable bonds is 5. The van der Waals surface area contributed by atoms with Crippen molar-refractivity contribution in [2.45, 2.75) is 32.9 Å². The van der Waals surface area contributed by atoms with Gasteiger partial charge in [-0.1, -0.05) is 18.5 Å². The third kappa shape index (κ3) is 3.31. The molecule has 0 bridgehead atoms. The number of oxazole rings is 1. The monoisotopic (exact) mass is 270 g/mol. The zero-order valence-corrected chi connectivity index (χ0v) is 11.4. The van der Waals surface area contributed by atoms with Crippen LogP contribution in [-0.2, 0) is 13.0 Å². The lowest BCUT2D eigenvalue weighted by atomic mass is 10.2. The molecule has 1 atom stereocenters. The van der Waals surface area contributed by atoms with Gasteiger partial charge in [0, 0.05) is 12.5 Å². The molecule has 0 aliphatic carbocycles. The van der Waals surface area contributed by atoms with Crippen LogP contribution in [0, 0.1) is 0 Å². The first-order chi connectivity index (χ1) is 8.19. The third-order valence-electron chi connectivity index (χ3n) is 2.60. The summed E-state index contributed by atoms with van der Waals surface area (Å²) >= 11 is 7.45. The van der Waals surface area contributed by atoms with Crippen LogP contribution in [0.25, 0.3) is 0 Å². The van der Waals surface area contributed by atoms with E-state index in [2.05, 4.69) is 22.6 Å². The summed E-state index contributed by atoms with van der Waals surface area (Å²) in [4.78, 5) is 4.21. The molecular weight excluding hydrogens is 256 g/mol. The van der Waals surface area contributed by atoms with Gasteiger partial charge in [-0.3, -0.25) is 0 Å². The fourth-order valence-electron chi connectivity index (χ4n) is 1.50. The summed E-state index contributed by atoms with van der Waals surface area (Å²) in [6.45, 7) is 4.78. The fraction of sp³-hybridized carbons (Fsp3) is 0.417. The van der Waals surface area contributed by atoms with E-state index in [9.17, 15) is 0 Å². The van der Waals surface area contributed by atoms with Crippen LogP contribution < -0.4 is 5.32 Å². The molecule has 1 N–H and O–H groups in total. The normalized spacial score (nSPS) is 12.9. The molecular formula is C12H15ClN2OS. The van der Waals surface area contributed by atoms with E-state index in [1.807, 2.05) is 13.0 Å². The van der Waals surface area contributed by atoms with Crippen LogP contribution in [0.5, 0.6) is 0 Å². The zero-order chi connectivity index (χ0) is 12.3. The van der Waals surface area contributed by atoms with E-state index in [-0.39, 0.29) is 6.04 Å². The average Bonchev–Trinajstić information content (AvgIpc) is 2.94. The molecule has 0 spiro atoms. The second kappa shape index (κ2) is 5.67. The second-order valence-electron chi connectivity index (χ2n) is 3.86. The van der Waals surface area contributed by atoms with Gasteiger partial charge in [0.25, 0.3) is 0 Å². The summed E-state index contributed by atoms with van der Waals surface area (Å²) in [5.74, 6) is 1.66. The highest BCUT2D eigenvalue weighted by molar-refractivity contribution is 7.14. The van der Waals surface area contributed by atoms with E-state index in [0.717, 1.165) is 22.4 Å². The van der Waals surface area contributed by atoms with Crippen molar-refractivity contribution in [3.05, 3.63) is 39.2 Å². The van der Waals surface area contributed by atoms with Crippen LogP contribution in [0.4, 0.5) is 0 Å². The van der Waals surface area contributed by atoms with Gasteiger partial charge in [-0.05, 0) is 23.9 Å². The smallest absolute Gasteiger partial charge is 0.208 e. The van der Waals surface area contributed by atoms with E-state index < -0.39 is 0 Å². The molecule has 5 heteroatoms. The summed E-state index contributed by atoms with van der Waals surface area (Å²) in [6.07, 6.45) is 2.66. The molecule has 0 radical (unpaired) electrons. The minimum absolute atomic E-state index is 0.246. The Balaban J connectivity index is 1.89. The van der Waals surface area contributed by atoms with Crippen LogP contribution in [0.15, 0.2) is 22.1 Å². The summed E-state index contributed by atoms with van der Waals surface area (Å²) in [7, 11) is 0. The minimum Gasteiger partial charge on any atom is -0.444 e. The molecule has 0 aromatic carbocycles. The Bertz CT molecular complexity index is 480. The maximum atomic E-state index is 5.90. The fourth-order valence-corrected chi connectivity index (χ4v) is 2.49. The molecule has 17 heavy (non-hydrogen) atoms. The molecule has 0 aliphatic heterocycles. The van der Waals surface area contributed by atoms with Gasteiger partial charge < -0.3 is 9.73 Å². The highest BCUT2D eigenvalue weighted by atomic mass is 35.5. The molecule has 2 rings (SSSR count). The standard InChI is InChI=1S/C12H15ClN2OS/c1-3-10-5-15-12(16-10)6-14-8(2)9-4-11(13)17-7-9/h4-5,7-8,14H,3,6H2,1-2H3. The molecule has 2 heterocycles. The van der Waals surface area contributed by atoms with E-state index in [4.69, 9.17) is 16.0 Å². The Labute approximate surface area is 110 Å². The Morgan fingerprint density at radius 3 is 3.00 bits per heavy atom. The van der Waals surface area contributed by atoms with Gasteiger partial charge in [-0.15, -0.1) is 11.3 Å². The number of nitrogens with zero attached hydrogens (tertiary/aromatic N) is 1. The number of aryl methyl sites for hydroxylation is 1. The Morgan fingerprint density at radius 1 is 1.59 bits per heavy atom. The molecule has 0 fully saturated rings. The van der Waals surface area contributed by atoms with Crippen molar-refractivity contribution in [1.29, 1.82) is 0 Å². The molecule has 0 amide bonds. The SMILES string of the molecule is CCc1cnc(CNC(C)c2csc(Cl)c2)o1. The average molecular weight is 271 g/mol. The predicted octanol–water partition coefficient (Wildman–Crippen LogP) is 3.80. The zero-order valence-electron chi connectivity index (χ0n) is 9.87. The molecule has 1 unspecified atom stereocenters. The number of nitrogens with one attached hydrogen (secondary N) is 1. The van der Waals surface area contributed by atoms with Crippen molar-refractivity contribution in [2.75, 3.05) is 0 Å². The number of thiophene rings is 1. The van der Waals surface area contributed by atoms with E-state index in [0.29, 0.717) is 6.54 Å². The van der Waals surface area contributed by atoms with Crippen LogP contribution in [-0.4, -0.2) is 4.98 Å². The van der Waals surface area contributed by atoms with Crippen molar-refractivity contribution in [2.24, 2.45) is 0 Å². The largest absolute Gasteiger partial charge is 0.444 e. The first-order valence-corrected chi connectivity index (χ1v) is 6.85. The van der Waals surface area contributed by atoms with E-state index in [1.54, 1.807) is 17.5 Å². The second-order valence-corrected chi connectivity index (χ2v) is 5.40. The van der Waals surface area contributed by atoms with Crippen molar-refractivity contribution < 1.29 is 4.42 Å². The molecule has 0 saturated carbocycles. The maximum absolute atomic E-state index is 5.90. The lowest BCUT2D eigenvalue weighted by Crippen LogP contribution is -2.17. The van der Waals surface area contributed by atoms with Crippen LogP contribution in [0.3, 0.4) is 0 Å². The Kier molecular flexibility index (Phi) is 4.20. The highest BCUT2D eigenvalue weighted by Gasteiger charge is 2.09. The van der Waals surface area contributed by atoms with E-state index in [1.165, 1.54) is 5.56 Å². The minimum atomic E-state index is 0.246. The summed E-state index contributed by atoms with van der Waals surface area (Å²) in [5.41, 5.74) is 1.20. The van der Waals surface area contributed by atoms with Gasteiger partial charge in [0.05, 0.1) is 17.1 Å². The molecule has 0 aliphatic rings. The van der Waals surface area contributed by atoms with Crippen LogP contribution in [0.1, 0.15) is 37.1 Å². The van der Waals surface area contributed by atoms with Crippen LogP contribution in [0.2, 0.25) is 4.34 Å². The van der Waals surface area contributed by atoms with Crippen molar-refractivity contribution in [3.8, 4) is 0 Å². The quantitative estimate of drug-likeness (QED) is 0.898. The van der Waals surface area contributed by atoms with Crippen molar-refractivity contribution in [1.82, 2.24) is 10.3 Å². The number of halogens is 1. The Morgan fingerprint density at radius 2 is 2.41 bits per heavy atom. The third-order valence-corrected chi connectivity index (χ3v) is 3.71. The molecule has 2 aromatic rings. The summed E-state index contributed by atoms with van der Waals surface area (Å²) < 4.78 is 6.34. The summed E-state index contributed by atoms with van der Waals surface area (Å²) in [5, 5.41) is 5.42. The molecule has 0 saturated heterocycles. The van der Waals surface area contributed by atoms with E-state index >= 15 is 0 Å². The highest BCUT2D eigenvalue weighted by Crippen LogP contribution is 2.24. The Hall–Kier alpha value is -0.840. The maximum Gasteiger partial charge on any atom is 0.208 e. The molecule has 92 valence electrons. The van der Waals surface area contributed by atoms with Crippen molar-refractivity contribution in [3.63, 3.8) is 0 Å². The van der Waals surface area contributed by atoms with Crippen molar-refractivity contribution >= 4 is 22.9 Å². The number of aromatic nitrogens is 1. The molecule has 3 nitrogen and oxygen atoms in total. The first-order valence-electron chi connectivity index (χ1n) is 5.60. The topological polar surface area (TPSA) is 38.1 Å². The lowest BCUT2D eigenvalue weighted by Gasteiger charge is -2.10. The van der Waals surface area contributed by atoms with Gasteiger partial charge in [-0.25, -0.2) is 4.98 Å². The van der Waals surface area contributed by atoms with Crippen LogP contribution >= 0.6 is 22.9 Å². The van der Waals surface area contributed by atoms with Gasteiger partial charge >= 0.3 is 0 Å². The number of hydrogen-bond donors (Lipinski definition) is 1. The van der Waals surface area contributed by atoms with Gasteiger partial charge in [0.2, 0.25) is 5.89 Å². The first kappa shape index (κ1) is 12.6. The van der Waals surface area contributed by atoms with Gasteiger partial charge in [-0.2, -0.15) is 0 Å². The predicted molar refractivity (Wildman–Crippen MR) is 70.5 cm³/mol. The lowest BCUT2D eigenvalue weighted by molar-refractivity contribution is 0.424. The van der Waals surface area contributed by atoms with Gasteiger partial charge in [0.1, 0.15) is 5.76 Å². The summed E-state index contributed by atoms with van der Waals surface area (Å²) in [6, 6.07) is 2.23. The molecule has 2 aromatic heterocycles. The number of hydrogen-bond acceptors (Lipinski definition) is 4. The van der Waals surface area contributed by atoms with Gasteiger partial charge in [0.15, 0.2) is 0 Å².